The number of nitrogens with one attached hydrogen (secondary N) is 1. The molecule has 0 radical (unpaired) electrons. The van der Waals surface area contributed by atoms with Crippen LogP contribution in [0, 0.1) is 0 Å². The Kier molecular flexibility index (Phi) is 4.77. The monoisotopic (exact) mass is 359 g/mol. The molecule has 15 heteroatoms. The molecular weight excluding hydrogens is 354 g/mol. The zero-order valence-electron chi connectivity index (χ0n) is 9.05. The highest BCUT2D eigenvalue weighted by Gasteiger charge is 2.75. The first kappa shape index (κ1) is 19.3. The summed E-state index contributed by atoms with van der Waals surface area (Å²) in [6.07, 6.45) is -12.1. The summed E-state index contributed by atoms with van der Waals surface area (Å²) in [5.74, 6) is -6.75. The summed E-state index contributed by atoms with van der Waals surface area (Å²) in [6, 6.07) is 0. The van der Waals surface area contributed by atoms with E-state index in [0.29, 0.717) is 0 Å². The lowest BCUT2D eigenvalue weighted by Crippen LogP contribution is -2.60. The molecule has 0 heterocycles. The fourth-order valence-electron chi connectivity index (χ4n) is 0.784. The van der Waals surface area contributed by atoms with Gasteiger partial charge in [0, 0.05) is 0 Å². The molecule has 0 saturated carbocycles. The average molecular weight is 359 g/mol. The van der Waals surface area contributed by atoms with Gasteiger partial charge in [0.05, 0.1) is 6.26 Å². The number of hydrogen-bond acceptors (Lipinski definition) is 4. The van der Waals surface area contributed by atoms with Gasteiger partial charge in [0.1, 0.15) is 0 Å². The molecule has 5 nitrogen and oxygen atoms in total. The van der Waals surface area contributed by atoms with Crippen molar-refractivity contribution in [2.45, 2.75) is 23.5 Å². The Hall–Kier alpha value is -0.700. The first-order valence-electron chi connectivity index (χ1n) is 4.06. The lowest BCUT2D eigenvalue weighted by atomic mass is 10.2. The summed E-state index contributed by atoms with van der Waals surface area (Å²) in [4.78, 5) is 0. The Morgan fingerprint density at radius 2 is 1.25 bits per heavy atom. The average Bonchev–Trinajstić information content (AvgIpc) is 2.10. The topological polar surface area (TPSA) is 80.3 Å². The minimum atomic E-state index is -6.84. The predicted molar refractivity (Wildman–Crippen MR) is 47.7 cm³/mol. The molecule has 1 unspecified atom stereocenters. The van der Waals surface area contributed by atoms with Crippen LogP contribution in [-0.2, 0) is 20.0 Å². The summed E-state index contributed by atoms with van der Waals surface area (Å²) in [6.45, 7) is 0. The molecule has 0 aliphatic heterocycles. The maximum absolute atomic E-state index is 12.9. The fourth-order valence-corrected chi connectivity index (χ4v) is 3.26. The van der Waals surface area contributed by atoms with E-state index in [4.69, 9.17) is 0 Å². The van der Waals surface area contributed by atoms with E-state index in [9.17, 15) is 52.0 Å². The lowest BCUT2D eigenvalue weighted by molar-refractivity contribution is -0.284. The third kappa shape index (κ3) is 3.69. The highest BCUT2D eigenvalue weighted by Crippen LogP contribution is 2.46. The third-order valence-electron chi connectivity index (χ3n) is 1.59. The van der Waals surface area contributed by atoms with Crippen molar-refractivity contribution in [2.24, 2.45) is 0 Å². The molecule has 0 aromatic rings. The third-order valence-corrected chi connectivity index (χ3v) is 4.63. The molecule has 20 heavy (non-hydrogen) atoms. The van der Waals surface area contributed by atoms with Crippen LogP contribution in [-0.4, -0.2) is 46.6 Å². The van der Waals surface area contributed by atoms with Crippen LogP contribution in [0.3, 0.4) is 0 Å². The number of sulfonamides is 2. The van der Waals surface area contributed by atoms with E-state index >= 15 is 0 Å². The van der Waals surface area contributed by atoms with E-state index in [1.165, 1.54) is 0 Å². The Labute approximate surface area is 107 Å². The number of rotatable bonds is 5. The minimum absolute atomic E-state index is 0.0286. The van der Waals surface area contributed by atoms with Gasteiger partial charge in [0.25, 0.3) is 16.2 Å². The van der Waals surface area contributed by atoms with Crippen LogP contribution < -0.4 is 4.13 Å². The molecular formula is C5H5F8NO4S2. The van der Waals surface area contributed by atoms with Gasteiger partial charge >= 0.3 is 17.4 Å². The van der Waals surface area contributed by atoms with Crippen LogP contribution in [0.4, 0.5) is 35.1 Å². The van der Waals surface area contributed by atoms with E-state index in [0.717, 1.165) is 0 Å². The fraction of sp³-hybridized carbons (Fsp3) is 1.00. The molecule has 0 bridgehead atoms. The standard InChI is InChI=1S/C5H5F8NO4S2/c1-19(15,16)14-20(17,18)5(12,13)3(7,8)2(6)4(9,10)11/h2,14H,1H3. The molecule has 1 atom stereocenters. The van der Waals surface area contributed by atoms with Gasteiger partial charge in [-0.3, -0.25) is 0 Å². The predicted octanol–water partition coefficient (Wildman–Crippen LogP) is 0.994. The molecule has 0 aromatic carbocycles. The maximum atomic E-state index is 12.9. The van der Waals surface area contributed by atoms with Crippen LogP contribution in [0.5, 0.6) is 0 Å². The summed E-state index contributed by atoms with van der Waals surface area (Å²) in [5.41, 5.74) is 0. The normalized spacial score (nSPS) is 17.1. The highest BCUT2D eigenvalue weighted by molar-refractivity contribution is 8.04. The number of alkyl halides is 8. The van der Waals surface area contributed by atoms with Gasteiger partial charge in [0.15, 0.2) is 0 Å². The van der Waals surface area contributed by atoms with Crippen molar-refractivity contribution < 1.29 is 52.0 Å². The summed E-state index contributed by atoms with van der Waals surface area (Å²) >= 11 is 0. The van der Waals surface area contributed by atoms with Crippen molar-refractivity contribution in [3.63, 3.8) is 0 Å². The van der Waals surface area contributed by atoms with Crippen LogP contribution in [0.25, 0.3) is 0 Å². The summed E-state index contributed by atoms with van der Waals surface area (Å²) in [7, 11) is -11.9. The van der Waals surface area contributed by atoms with Gasteiger partial charge in [-0.05, 0) is 0 Å². The maximum Gasteiger partial charge on any atom is 0.425 e. The molecule has 1 N–H and O–H groups in total. The molecule has 0 aliphatic carbocycles. The van der Waals surface area contributed by atoms with Gasteiger partial charge in [-0.2, -0.15) is 30.7 Å². The molecule has 0 saturated heterocycles. The van der Waals surface area contributed by atoms with Crippen LogP contribution in [0.1, 0.15) is 0 Å². The number of hydrogen-bond donors (Lipinski definition) is 1. The molecule has 0 amide bonds. The van der Waals surface area contributed by atoms with E-state index in [1.54, 1.807) is 0 Å². The van der Waals surface area contributed by atoms with Crippen molar-refractivity contribution in [1.29, 1.82) is 0 Å². The van der Waals surface area contributed by atoms with Gasteiger partial charge in [-0.15, -0.1) is 4.13 Å². The van der Waals surface area contributed by atoms with Crippen molar-refractivity contribution in [3.8, 4) is 0 Å². The highest BCUT2D eigenvalue weighted by atomic mass is 32.3. The number of halogens is 8. The zero-order valence-corrected chi connectivity index (χ0v) is 10.7. The van der Waals surface area contributed by atoms with Crippen LogP contribution in [0.2, 0.25) is 0 Å². The van der Waals surface area contributed by atoms with E-state index in [1.807, 2.05) is 0 Å². The Balaban J connectivity index is 5.86. The van der Waals surface area contributed by atoms with E-state index in [2.05, 4.69) is 0 Å². The lowest BCUT2D eigenvalue weighted by Gasteiger charge is -2.29. The van der Waals surface area contributed by atoms with Crippen molar-refractivity contribution in [2.75, 3.05) is 6.26 Å². The molecule has 122 valence electrons. The van der Waals surface area contributed by atoms with Gasteiger partial charge < -0.3 is 0 Å². The quantitative estimate of drug-likeness (QED) is 0.743. The first-order chi connectivity index (χ1) is 8.36. The molecule has 0 aromatic heterocycles. The van der Waals surface area contributed by atoms with Crippen LogP contribution in [0.15, 0.2) is 0 Å². The van der Waals surface area contributed by atoms with Gasteiger partial charge in [0.2, 0.25) is 10.0 Å². The second-order valence-electron chi connectivity index (χ2n) is 3.40. The van der Waals surface area contributed by atoms with Crippen LogP contribution >= 0.6 is 0 Å². The SMILES string of the molecule is CS(=O)(=O)NS(=O)(=O)C(F)(F)C(F)(F)C(F)C(F)(F)F. The molecule has 0 aliphatic rings. The Bertz CT molecular complexity index is 564. The summed E-state index contributed by atoms with van der Waals surface area (Å²) in [5, 5.41) is -6.67. The second kappa shape index (κ2) is 4.94. The van der Waals surface area contributed by atoms with E-state index in [-0.39, 0.29) is 10.4 Å². The smallest absolute Gasteiger partial charge is 0.230 e. The van der Waals surface area contributed by atoms with Crippen molar-refractivity contribution >= 4 is 20.0 Å². The Morgan fingerprint density at radius 1 is 0.900 bits per heavy atom. The second-order valence-corrected chi connectivity index (χ2v) is 7.13. The Morgan fingerprint density at radius 3 is 1.50 bits per heavy atom. The van der Waals surface area contributed by atoms with Gasteiger partial charge in [-0.25, -0.2) is 21.2 Å². The molecule has 0 spiro atoms. The molecule has 0 fully saturated rings. The largest absolute Gasteiger partial charge is 0.425 e. The van der Waals surface area contributed by atoms with Crippen molar-refractivity contribution in [1.82, 2.24) is 4.13 Å². The van der Waals surface area contributed by atoms with Crippen molar-refractivity contribution in [3.05, 3.63) is 0 Å². The van der Waals surface area contributed by atoms with E-state index < -0.39 is 43.6 Å². The zero-order chi connectivity index (χ0) is 16.8. The molecule has 0 rings (SSSR count). The first-order valence-corrected chi connectivity index (χ1v) is 7.43. The minimum Gasteiger partial charge on any atom is -0.230 e. The van der Waals surface area contributed by atoms with Gasteiger partial charge in [-0.1, -0.05) is 0 Å². The summed E-state index contributed by atoms with van der Waals surface area (Å²) < 4.78 is 141.